The number of rotatable bonds is 1. The largest absolute Gasteiger partial charge is 0.383 e. The van der Waals surface area contributed by atoms with Crippen molar-refractivity contribution in [3.63, 3.8) is 0 Å². The molecule has 0 spiro atoms. The second-order valence-corrected chi connectivity index (χ2v) is 3.71. The van der Waals surface area contributed by atoms with Gasteiger partial charge in [0.2, 0.25) is 0 Å². The number of nitrogens with one attached hydrogen (secondary N) is 1. The minimum Gasteiger partial charge on any atom is -0.383 e. The van der Waals surface area contributed by atoms with Crippen LogP contribution in [-0.2, 0) is 13.2 Å². The van der Waals surface area contributed by atoms with E-state index in [4.69, 9.17) is 0 Å². The molecular weight excluding hydrogens is 207 g/mol. The van der Waals surface area contributed by atoms with E-state index >= 15 is 0 Å². The van der Waals surface area contributed by atoms with Gasteiger partial charge in [-0.2, -0.15) is 0 Å². The molecule has 16 heavy (non-hydrogen) atoms. The first-order valence-corrected chi connectivity index (χ1v) is 5.22. The van der Waals surface area contributed by atoms with Gasteiger partial charge in [-0.25, -0.2) is 9.07 Å². The molecule has 2 aromatic rings. The molecule has 0 aliphatic carbocycles. The lowest BCUT2D eigenvalue weighted by Crippen LogP contribution is -2.08. The number of para-hydroxylation sites is 1. The van der Waals surface area contributed by atoms with Crippen molar-refractivity contribution in [1.29, 1.82) is 0 Å². The maximum atomic E-state index is 12.8. The first kappa shape index (κ1) is 9.33. The van der Waals surface area contributed by atoms with Crippen LogP contribution in [0.4, 0.5) is 10.1 Å². The Hall–Kier alpha value is -1.91. The second kappa shape index (κ2) is 3.59. The van der Waals surface area contributed by atoms with Crippen LogP contribution in [0.2, 0.25) is 0 Å². The van der Waals surface area contributed by atoms with Crippen molar-refractivity contribution >= 4 is 5.69 Å². The van der Waals surface area contributed by atoms with Crippen LogP contribution < -0.4 is 5.32 Å². The molecule has 82 valence electrons. The number of aromatic nitrogens is 3. The van der Waals surface area contributed by atoms with Gasteiger partial charge >= 0.3 is 0 Å². The van der Waals surface area contributed by atoms with E-state index in [0.717, 1.165) is 23.5 Å². The molecule has 2 heterocycles. The van der Waals surface area contributed by atoms with Gasteiger partial charge in [-0.1, -0.05) is 23.4 Å². The third-order valence-electron chi connectivity index (χ3n) is 2.75. The molecule has 0 unspecified atom stereocenters. The fraction of sp³-hybridized carbons (Fsp3) is 0.273. The van der Waals surface area contributed by atoms with Gasteiger partial charge in [0.15, 0.2) is 0 Å². The Bertz CT molecular complexity index is 520. The summed E-state index contributed by atoms with van der Waals surface area (Å²) in [5, 5.41) is 11.1. The molecule has 1 N–H and O–H groups in total. The highest BCUT2D eigenvalue weighted by Crippen LogP contribution is 2.31. The molecule has 4 nitrogen and oxygen atoms in total. The molecule has 3 rings (SSSR count). The SMILES string of the molecule is FCc1nnn2c1-c1ccccc1NCC2. The number of hydrogen-bond acceptors (Lipinski definition) is 3. The minimum absolute atomic E-state index is 0.413. The van der Waals surface area contributed by atoms with Crippen LogP contribution >= 0.6 is 0 Å². The van der Waals surface area contributed by atoms with Crippen LogP contribution in [0.5, 0.6) is 0 Å². The zero-order valence-corrected chi connectivity index (χ0v) is 8.65. The van der Waals surface area contributed by atoms with Gasteiger partial charge in [-0.15, -0.1) is 5.10 Å². The van der Waals surface area contributed by atoms with E-state index in [1.165, 1.54) is 0 Å². The van der Waals surface area contributed by atoms with E-state index in [1.807, 2.05) is 24.3 Å². The summed E-state index contributed by atoms with van der Waals surface area (Å²) >= 11 is 0. The van der Waals surface area contributed by atoms with Gasteiger partial charge in [0, 0.05) is 17.8 Å². The van der Waals surface area contributed by atoms with Crippen LogP contribution in [-0.4, -0.2) is 21.5 Å². The molecule has 0 fully saturated rings. The third kappa shape index (κ3) is 1.28. The third-order valence-corrected chi connectivity index (χ3v) is 2.75. The van der Waals surface area contributed by atoms with Crippen molar-refractivity contribution in [2.75, 3.05) is 11.9 Å². The molecule has 0 radical (unpaired) electrons. The van der Waals surface area contributed by atoms with Crippen molar-refractivity contribution < 1.29 is 4.39 Å². The standard InChI is InChI=1S/C11H11FN4/c12-7-10-11-8-3-1-2-4-9(8)13-5-6-16(11)15-14-10/h1-4,13H,5-7H2. The maximum Gasteiger partial charge on any atom is 0.136 e. The van der Waals surface area contributed by atoms with E-state index < -0.39 is 6.67 Å². The average Bonchev–Trinajstić information content (AvgIpc) is 2.64. The smallest absolute Gasteiger partial charge is 0.136 e. The van der Waals surface area contributed by atoms with E-state index in [2.05, 4.69) is 15.6 Å². The molecule has 5 heteroatoms. The molecule has 1 aromatic heterocycles. The van der Waals surface area contributed by atoms with Crippen molar-refractivity contribution in [2.24, 2.45) is 0 Å². The average molecular weight is 218 g/mol. The lowest BCUT2D eigenvalue weighted by molar-refractivity contribution is 0.476. The summed E-state index contributed by atoms with van der Waals surface area (Å²) in [5.74, 6) is 0. The summed E-state index contributed by atoms with van der Waals surface area (Å²) in [6.45, 7) is 0.903. The number of alkyl halides is 1. The van der Waals surface area contributed by atoms with Gasteiger partial charge < -0.3 is 5.32 Å². The number of hydrogen-bond donors (Lipinski definition) is 1. The van der Waals surface area contributed by atoms with E-state index in [-0.39, 0.29) is 0 Å². The molecule has 0 bridgehead atoms. The van der Waals surface area contributed by atoms with Gasteiger partial charge in [0.25, 0.3) is 0 Å². The number of benzene rings is 1. The van der Waals surface area contributed by atoms with Gasteiger partial charge in [0.05, 0.1) is 12.2 Å². The Morgan fingerprint density at radius 2 is 2.25 bits per heavy atom. The van der Waals surface area contributed by atoms with E-state index in [1.54, 1.807) is 4.68 Å². The fourth-order valence-electron chi connectivity index (χ4n) is 2.03. The molecule has 1 aromatic carbocycles. The summed E-state index contributed by atoms with van der Waals surface area (Å²) in [5.41, 5.74) is 3.19. The summed E-state index contributed by atoms with van der Waals surface area (Å²) in [4.78, 5) is 0. The molecule has 0 amide bonds. The molecule has 0 atom stereocenters. The molecule has 0 saturated heterocycles. The highest BCUT2D eigenvalue weighted by atomic mass is 19.1. The maximum absolute atomic E-state index is 12.8. The van der Waals surface area contributed by atoms with E-state index in [9.17, 15) is 4.39 Å². The zero-order chi connectivity index (χ0) is 11.0. The zero-order valence-electron chi connectivity index (χ0n) is 8.65. The van der Waals surface area contributed by atoms with Crippen molar-refractivity contribution in [2.45, 2.75) is 13.2 Å². The monoisotopic (exact) mass is 218 g/mol. The summed E-state index contributed by atoms with van der Waals surface area (Å²) in [7, 11) is 0. The summed E-state index contributed by atoms with van der Waals surface area (Å²) in [6.07, 6.45) is 0. The topological polar surface area (TPSA) is 42.7 Å². The summed E-state index contributed by atoms with van der Waals surface area (Å²) < 4.78 is 14.6. The second-order valence-electron chi connectivity index (χ2n) is 3.71. The molecule has 0 saturated carbocycles. The Balaban J connectivity index is 2.27. The predicted octanol–water partition coefficient (Wildman–Crippen LogP) is 1.84. The number of anilines is 1. The lowest BCUT2D eigenvalue weighted by Gasteiger charge is -2.06. The Morgan fingerprint density at radius 1 is 1.38 bits per heavy atom. The number of nitrogens with zero attached hydrogens (tertiary/aromatic N) is 3. The quantitative estimate of drug-likeness (QED) is 0.794. The minimum atomic E-state index is -0.580. The summed E-state index contributed by atoms with van der Waals surface area (Å²) in [6, 6.07) is 7.84. The predicted molar refractivity (Wildman–Crippen MR) is 58.8 cm³/mol. The van der Waals surface area contributed by atoms with Crippen LogP contribution in [0, 0.1) is 0 Å². The van der Waals surface area contributed by atoms with Crippen molar-refractivity contribution in [3.8, 4) is 11.3 Å². The van der Waals surface area contributed by atoms with Gasteiger partial charge in [-0.05, 0) is 6.07 Å². The fourth-order valence-corrected chi connectivity index (χ4v) is 2.03. The van der Waals surface area contributed by atoms with Gasteiger partial charge in [-0.3, -0.25) is 0 Å². The number of fused-ring (bicyclic) bond motifs is 3. The molecule has 1 aliphatic heterocycles. The van der Waals surface area contributed by atoms with Crippen molar-refractivity contribution in [1.82, 2.24) is 15.0 Å². The number of halogens is 1. The Morgan fingerprint density at radius 3 is 3.12 bits per heavy atom. The molecule has 1 aliphatic rings. The Kier molecular flexibility index (Phi) is 2.09. The van der Waals surface area contributed by atoms with Crippen LogP contribution in [0.3, 0.4) is 0 Å². The highest BCUT2D eigenvalue weighted by molar-refractivity contribution is 5.77. The molecular formula is C11H11FN4. The van der Waals surface area contributed by atoms with Crippen LogP contribution in [0.1, 0.15) is 5.69 Å². The Labute approximate surface area is 92.1 Å². The van der Waals surface area contributed by atoms with Gasteiger partial charge in [0.1, 0.15) is 12.4 Å². The van der Waals surface area contributed by atoms with Crippen LogP contribution in [0.15, 0.2) is 24.3 Å². The van der Waals surface area contributed by atoms with Crippen molar-refractivity contribution in [3.05, 3.63) is 30.0 Å². The lowest BCUT2D eigenvalue weighted by atomic mass is 10.1. The first-order valence-electron chi connectivity index (χ1n) is 5.22. The van der Waals surface area contributed by atoms with E-state index in [0.29, 0.717) is 12.2 Å². The first-order chi connectivity index (χ1) is 7.90. The highest BCUT2D eigenvalue weighted by Gasteiger charge is 2.19. The van der Waals surface area contributed by atoms with Crippen LogP contribution in [0.25, 0.3) is 11.3 Å². The normalized spacial score (nSPS) is 13.6.